The molecule has 2 aromatic carbocycles. The Morgan fingerprint density at radius 1 is 1.08 bits per heavy atom. The summed E-state index contributed by atoms with van der Waals surface area (Å²) in [7, 11) is 0. The fraction of sp³-hybridized carbons (Fsp3) is 0.318. The molecule has 4 heteroatoms. The van der Waals surface area contributed by atoms with E-state index in [1.807, 2.05) is 30.3 Å². The molecule has 0 saturated carbocycles. The molecule has 1 atom stereocenters. The Morgan fingerprint density at radius 2 is 1.81 bits per heavy atom. The zero-order valence-electron chi connectivity index (χ0n) is 15.5. The minimum atomic E-state index is 0.316. The Balaban J connectivity index is 1.68. The Hall–Kier alpha value is -2.59. The molecule has 0 spiro atoms. The average Bonchev–Trinajstić information content (AvgIpc) is 3.13. The molecule has 3 rings (SSSR count). The third kappa shape index (κ3) is 4.73. The molecule has 0 bridgehead atoms. The van der Waals surface area contributed by atoms with Crippen LogP contribution in [-0.2, 0) is 13.0 Å². The largest absolute Gasteiger partial charge is 0.508 e. The third-order valence-corrected chi connectivity index (χ3v) is 4.68. The molecular weight excluding hydrogens is 322 g/mol. The van der Waals surface area contributed by atoms with Crippen molar-refractivity contribution in [2.75, 3.05) is 6.54 Å². The van der Waals surface area contributed by atoms with E-state index < -0.39 is 0 Å². The van der Waals surface area contributed by atoms with E-state index in [0.717, 1.165) is 42.9 Å². The smallest absolute Gasteiger partial charge is 0.115 e. The number of aromatic amines is 1. The van der Waals surface area contributed by atoms with Crippen molar-refractivity contribution in [2.45, 2.75) is 39.3 Å². The molecule has 0 fully saturated rings. The lowest BCUT2D eigenvalue weighted by Gasteiger charge is -2.28. The zero-order valence-corrected chi connectivity index (χ0v) is 15.5. The van der Waals surface area contributed by atoms with Crippen LogP contribution in [0.1, 0.15) is 31.5 Å². The van der Waals surface area contributed by atoms with Crippen LogP contribution in [0.2, 0.25) is 0 Å². The molecule has 26 heavy (non-hydrogen) atoms. The number of aromatic hydroxyl groups is 1. The molecule has 0 aliphatic heterocycles. The third-order valence-electron chi connectivity index (χ3n) is 4.68. The standard InChI is InChI=1S/C22H27N3O/c1-3-13-25(17(2)14-18-9-11-21(26)12-10-18)16-20-15-22(24-23-20)19-7-5-4-6-8-19/h4-12,15,17,26H,3,13-14,16H2,1-2H3,(H,23,24). The first kappa shape index (κ1) is 18.2. The fourth-order valence-electron chi connectivity index (χ4n) is 3.26. The van der Waals surface area contributed by atoms with Gasteiger partial charge in [0.25, 0.3) is 0 Å². The first-order valence-electron chi connectivity index (χ1n) is 9.27. The minimum Gasteiger partial charge on any atom is -0.508 e. The van der Waals surface area contributed by atoms with Crippen LogP contribution in [0.25, 0.3) is 11.3 Å². The molecular formula is C22H27N3O. The SMILES string of the molecule is CCCN(Cc1cc(-c2ccccc2)[nH]n1)C(C)Cc1ccc(O)cc1. The highest BCUT2D eigenvalue weighted by Crippen LogP contribution is 2.19. The maximum atomic E-state index is 9.45. The monoisotopic (exact) mass is 349 g/mol. The first-order chi connectivity index (χ1) is 12.7. The highest BCUT2D eigenvalue weighted by Gasteiger charge is 2.16. The molecule has 136 valence electrons. The summed E-state index contributed by atoms with van der Waals surface area (Å²) in [5.41, 5.74) is 4.52. The highest BCUT2D eigenvalue weighted by molar-refractivity contribution is 5.58. The number of phenols is 1. The number of benzene rings is 2. The highest BCUT2D eigenvalue weighted by atomic mass is 16.3. The number of nitrogens with one attached hydrogen (secondary N) is 1. The van der Waals surface area contributed by atoms with Gasteiger partial charge < -0.3 is 5.11 Å². The van der Waals surface area contributed by atoms with Crippen molar-refractivity contribution in [1.29, 1.82) is 0 Å². The van der Waals surface area contributed by atoms with E-state index in [0.29, 0.717) is 11.8 Å². The molecule has 0 aliphatic carbocycles. The van der Waals surface area contributed by atoms with Crippen molar-refractivity contribution in [3.63, 3.8) is 0 Å². The van der Waals surface area contributed by atoms with Crippen molar-refractivity contribution in [3.05, 3.63) is 71.9 Å². The second kappa shape index (κ2) is 8.68. The van der Waals surface area contributed by atoms with Gasteiger partial charge >= 0.3 is 0 Å². The molecule has 0 aliphatic rings. The summed E-state index contributed by atoms with van der Waals surface area (Å²) >= 11 is 0. The average molecular weight is 349 g/mol. The molecule has 0 saturated heterocycles. The number of H-pyrrole nitrogens is 1. The van der Waals surface area contributed by atoms with Gasteiger partial charge in [-0.25, -0.2) is 0 Å². The van der Waals surface area contributed by atoms with Gasteiger partial charge in [-0.05, 0) is 55.6 Å². The van der Waals surface area contributed by atoms with E-state index in [-0.39, 0.29) is 0 Å². The topological polar surface area (TPSA) is 52.2 Å². The number of aromatic nitrogens is 2. The normalized spacial score (nSPS) is 12.4. The van der Waals surface area contributed by atoms with E-state index >= 15 is 0 Å². The number of nitrogens with zero attached hydrogens (tertiary/aromatic N) is 2. The molecule has 3 aromatic rings. The first-order valence-corrected chi connectivity index (χ1v) is 9.27. The second-order valence-electron chi connectivity index (χ2n) is 6.83. The lowest BCUT2D eigenvalue weighted by Crippen LogP contribution is -2.35. The van der Waals surface area contributed by atoms with E-state index in [9.17, 15) is 5.11 Å². The lowest BCUT2D eigenvalue weighted by atomic mass is 10.1. The van der Waals surface area contributed by atoms with Crippen LogP contribution >= 0.6 is 0 Å². The number of phenolic OH excluding ortho intramolecular Hbond substituents is 1. The molecule has 2 N–H and O–H groups in total. The predicted octanol–water partition coefficient (Wildman–Crippen LogP) is 4.63. The van der Waals surface area contributed by atoms with Gasteiger partial charge in [0.15, 0.2) is 0 Å². The van der Waals surface area contributed by atoms with E-state index in [1.54, 1.807) is 12.1 Å². The van der Waals surface area contributed by atoms with Crippen LogP contribution in [0.5, 0.6) is 5.75 Å². The van der Waals surface area contributed by atoms with Gasteiger partial charge in [0.1, 0.15) is 5.75 Å². The summed E-state index contributed by atoms with van der Waals surface area (Å²) in [5, 5.41) is 17.1. The van der Waals surface area contributed by atoms with Crippen LogP contribution in [0, 0.1) is 0 Å². The maximum absolute atomic E-state index is 9.45. The minimum absolute atomic E-state index is 0.316. The van der Waals surface area contributed by atoms with Gasteiger partial charge in [-0.1, -0.05) is 49.4 Å². The Morgan fingerprint density at radius 3 is 2.50 bits per heavy atom. The second-order valence-corrected chi connectivity index (χ2v) is 6.83. The van der Waals surface area contributed by atoms with Crippen molar-refractivity contribution in [2.24, 2.45) is 0 Å². The molecule has 0 radical (unpaired) electrons. The van der Waals surface area contributed by atoms with Crippen LogP contribution in [0.3, 0.4) is 0 Å². The summed E-state index contributed by atoms with van der Waals surface area (Å²) in [6.07, 6.45) is 2.06. The Labute approximate surface area is 155 Å². The van der Waals surface area contributed by atoms with Gasteiger partial charge in [0.05, 0.1) is 11.4 Å². The van der Waals surface area contributed by atoms with Crippen molar-refractivity contribution in [1.82, 2.24) is 15.1 Å². The summed E-state index contributed by atoms with van der Waals surface area (Å²) in [6, 6.07) is 20.3. The molecule has 1 heterocycles. The van der Waals surface area contributed by atoms with Gasteiger partial charge in [-0.3, -0.25) is 10.00 Å². The Bertz CT molecular complexity index is 796. The van der Waals surface area contributed by atoms with Gasteiger partial charge in [0.2, 0.25) is 0 Å². The molecule has 1 unspecified atom stereocenters. The van der Waals surface area contributed by atoms with E-state index in [4.69, 9.17) is 0 Å². The van der Waals surface area contributed by atoms with Gasteiger partial charge in [-0.2, -0.15) is 5.10 Å². The van der Waals surface area contributed by atoms with Crippen molar-refractivity contribution in [3.8, 4) is 17.0 Å². The number of hydrogen-bond donors (Lipinski definition) is 2. The number of rotatable bonds is 8. The van der Waals surface area contributed by atoms with Crippen molar-refractivity contribution >= 4 is 0 Å². The van der Waals surface area contributed by atoms with Gasteiger partial charge in [-0.15, -0.1) is 0 Å². The van der Waals surface area contributed by atoms with Crippen LogP contribution in [0.4, 0.5) is 0 Å². The summed E-state index contributed by atoms with van der Waals surface area (Å²) in [6.45, 7) is 6.33. The quantitative estimate of drug-likeness (QED) is 0.623. The molecule has 4 nitrogen and oxygen atoms in total. The Kier molecular flexibility index (Phi) is 6.08. The van der Waals surface area contributed by atoms with Gasteiger partial charge in [0, 0.05) is 12.6 Å². The molecule has 1 aromatic heterocycles. The van der Waals surface area contributed by atoms with E-state index in [1.165, 1.54) is 5.56 Å². The number of hydrogen-bond acceptors (Lipinski definition) is 3. The van der Waals surface area contributed by atoms with Crippen LogP contribution in [0.15, 0.2) is 60.7 Å². The lowest BCUT2D eigenvalue weighted by molar-refractivity contribution is 0.196. The zero-order chi connectivity index (χ0) is 18.4. The van der Waals surface area contributed by atoms with Crippen LogP contribution < -0.4 is 0 Å². The molecule has 0 amide bonds. The summed E-state index contributed by atoms with van der Waals surface area (Å²) < 4.78 is 0. The fourth-order valence-corrected chi connectivity index (χ4v) is 3.26. The van der Waals surface area contributed by atoms with E-state index in [2.05, 4.69) is 47.1 Å². The van der Waals surface area contributed by atoms with Crippen molar-refractivity contribution < 1.29 is 5.11 Å². The summed E-state index contributed by atoms with van der Waals surface area (Å²) in [5.74, 6) is 0.316. The predicted molar refractivity (Wildman–Crippen MR) is 106 cm³/mol. The maximum Gasteiger partial charge on any atom is 0.115 e. The van der Waals surface area contributed by atoms with Crippen LogP contribution in [-0.4, -0.2) is 32.8 Å². The summed E-state index contributed by atoms with van der Waals surface area (Å²) in [4.78, 5) is 2.47.